The summed E-state index contributed by atoms with van der Waals surface area (Å²) in [6.45, 7) is 3.96. The summed E-state index contributed by atoms with van der Waals surface area (Å²) >= 11 is 0. The summed E-state index contributed by atoms with van der Waals surface area (Å²) in [5, 5.41) is 3.03. The van der Waals surface area contributed by atoms with Crippen LogP contribution in [0.15, 0.2) is 23.1 Å². The van der Waals surface area contributed by atoms with Crippen molar-refractivity contribution in [2.75, 3.05) is 32.7 Å². The number of carbonyl (C=O) groups is 1. The highest BCUT2D eigenvalue weighted by molar-refractivity contribution is 7.89. The van der Waals surface area contributed by atoms with E-state index >= 15 is 0 Å². The second kappa shape index (κ2) is 6.78. The summed E-state index contributed by atoms with van der Waals surface area (Å²) in [6.07, 6.45) is 1.52. The SMILES string of the molecule is Cc1cc(F)ccc1S(=O)(=O)N1CCCC(N2CCNCC2=O)C1. The summed E-state index contributed by atoms with van der Waals surface area (Å²) in [7, 11) is -3.69. The number of benzene rings is 1. The molecule has 0 spiro atoms. The third-order valence-corrected chi connectivity index (χ3v) is 6.71. The Kier molecular flexibility index (Phi) is 4.89. The number of hydrogen-bond acceptors (Lipinski definition) is 4. The molecule has 0 aromatic heterocycles. The summed E-state index contributed by atoms with van der Waals surface area (Å²) < 4.78 is 40.5. The molecular formula is C16H22FN3O3S. The summed E-state index contributed by atoms with van der Waals surface area (Å²) in [5.41, 5.74) is 0.398. The second-order valence-electron chi connectivity index (χ2n) is 6.33. The van der Waals surface area contributed by atoms with Crippen molar-refractivity contribution >= 4 is 15.9 Å². The van der Waals surface area contributed by atoms with E-state index in [9.17, 15) is 17.6 Å². The Morgan fingerprint density at radius 3 is 2.79 bits per heavy atom. The fraction of sp³-hybridized carbons (Fsp3) is 0.562. The van der Waals surface area contributed by atoms with Crippen LogP contribution in [0.5, 0.6) is 0 Å². The highest BCUT2D eigenvalue weighted by Gasteiger charge is 2.35. The Labute approximate surface area is 141 Å². The molecule has 2 saturated heterocycles. The van der Waals surface area contributed by atoms with Crippen molar-refractivity contribution in [3.8, 4) is 0 Å². The molecule has 132 valence electrons. The van der Waals surface area contributed by atoms with Gasteiger partial charge in [-0.15, -0.1) is 0 Å². The zero-order chi connectivity index (χ0) is 17.3. The largest absolute Gasteiger partial charge is 0.336 e. The lowest BCUT2D eigenvalue weighted by Crippen LogP contribution is -2.57. The Morgan fingerprint density at radius 2 is 2.08 bits per heavy atom. The van der Waals surface area contributed by atoms with E-state index in [1.807, 2.05) is 0 Å². The van der Waals surface area contributed by atoms with Crippen molar-refractivity contribution < 1.29 is 17.6 Å². The number of piperidine rings is 1. The predicted molar refractivity (Wildman–Crippen MR) is 87.5 cm³/mol. The molecule has 3 rings (SSSR count). The maximum absolute atomic E-state index is 13.3. The number of rotatable bonds is 3. The van der Waals surface area contributed by atoms with Crippen molar-refractivity contribution in [3.05, 3.63) is 29.6 Å². The monoisotopic (exact) mass is 355 g/mol. The normalized spacial score (nSPS) is 23.5. The van der Waals surface area contributed by atoms with Crippen molar-refractivity contribution in [3.63, 3.8) is 0 Å². The van der Waals surface area contributed by atoms with Gasteiger partial charge in [0, 0.05) is 32.2 Å². The van der Waals surface area contributed by atoms with E-state index in [-0.39, 0.29) is 16.8 Å². The second-order valence-corrected chi connectivity index (χ2v) is 8.24. The van der Waals surface area contributed by atoms with E-state index in [0.29, 0.717) is 38.2 Å². The molecule has 0 aliphatic carbocycles. The molecule has 1 amide bonds. The van der Waals surface area contributed by atoms with Crippen LogP contribution in [0, 0.1) is 12.7 Å². The number of aryl methyl sites for hydroxylation is 1. The molecule has 8 heteroatoms. The molecule has 24 heavy (non-hydrogen) atoms. The highest BCUT2D eigenvalue weighted by Crippen LogP contribution is 2.25. The number of halogens is 1. The molecule has 6 nitrogen and oxygen atoms in total. The van der Waals surface area contributed by atoms with Crippen molar-refractivity contribution in [1.82, 2.24) is 14.5 Å². The third kappa shape index (κ3) is 3.31. The number of amides is 1. The van der Waals surface area contributed by atoms with Gasteiger partial charge in [-0.2, -0.15) is 4.31 Å². The average Bonchev–Trinajstić information content (AvgIpc) is 2.55. The van der Waals surface area contributed by atoms with Gasteiger partial charge in [0.25, 0.3) is 0 Å². The quantitative estimate of drug-likeness (QED) is 0.867. The number of sulfonamides is 1. The van der Waals surface area contributed by atoms with Gasteiger partial charge < -0.3 is 10.2 Å². The maximum atomic E-state index is 13.3. The van der Waals surface area contributed by atoms with E-state index in [1.165, 1.54) is 22.5 Å². The molecule has 1 aromatic carbocycles. The summed E-state index contributed by atoms with van der Waals surface area (Å²) in [4.78, 5) is 14.0. The van der Waals surface area contributed by atoms with Crippen LogP contribution in [0.1, 0.15) is 18.4 Å². The van der Waals surface area contributed by atoms with Crippen LogP contribution in [0.2, 0.25) is 0 Å². The number of carbonyl (C=O) groups excluding carboxylic acids is 1. The Morgan fingerprint density at radius 1 is 1.29 bits per heavy atom. The van der Waals surface area contributed by atoms with Gasteiger partial charge in [-0.3, -0.25) is 4.79 Å². The van der Waals surface area contributed by atoms with Crippen LogP contribution in [0.25, 0.3) is 0 Å². The molecule has 0 bridgehead atoms. The molecule has 2 aliphatic heterocycles. The van der Waals surface area contributed by atoms with Crippen molar-refractivity contribution in [2.24, 2.45) is 0 Å². The molecular weight excluding hydrogens is 333 g/mol. The van der Waals surface area contributed by atoms with Crippen molar-refractivity contribution in [1.29, 1.82) is 0 Å². The lowest BCUT2D eigenvalue weighted by atomic mass is 10.1. The Bertz CT molecular complexity index is 738. The van der Waals surface area contributed by atoms with Crippen LogP contribution in [-0.2, 0) is 14.8 Å². The molecule has 2 aliphatic rings. The smallest absolute Gasteiger partial charge is 0.243 e. The van der Waals surface area contributed by atoms with Gasteiger partial charge in [-0.1, -0.05) is 0 Å². The van der Waals surface area contributed by atoms with E-state index in [1.54, 1.807) is 11.8 Å². The maximum Gasteiger partial charge on any atom is 0.243 e. The third-order valence-electron chi connectivity index (χ3n) is 4.68. The zero-order valence-corrected chi connectivity index (χ0v) is 14.5. The highest BCUT2D eigenvalue weighted by atomic mass is 32.2. The average molecular weight is 355 g/mol. The van der Waals surface area contributed by atoms with Crippen LogP contribution >= 0.6 is 0 Å². The minimum Gasteiger partial charge on any atom is -0.336 e. The number of nitrogens with zero attached hydrogens (tertiary/aromatic N) is 2. The van der Waals surface area contributed by atoms with Gasteiger partial charge in [-0.05, 0) is 43.5 Å². The summed E-state index contributed by atoms with van der Waals surface area (Å²) in [5.74, 6) is -0.433. The first-order chi connectivity index (χ1) is 11.4. The minimum atomic E-state index is -3.69. The number of piperazine rings is 1. The Hall–Kier alpha value is -1.51. The van der Waals surface area contributed by atoms with E-state index in [0.717, 1.165) is 13.0 Å². The van der Waals surface area contributed by atoms with Gasteiger partial charge in [-0.25, -0.2) is 12.8 Å². The first-order valence-electron chi connectivity index (χ1n) is 8.16. The Balaban J connectivity index is 1.82. The van der Waals surface area contributed by atoms with Gasteiger partial charge >= 0.3 is 0 Å². The van der Waals surface area contributed by atoms with Gasteiger partial charge in [0.05, 0.1) is 11.4 Å². The molecule has 0 radical (unpaired) electrons. The lowest BCUT2D eigenvalue weighted by molar-refractivity contribution is -0.135. The molecule has 1 aromatic rings. The summed E-state index contributed by atoms with van der Waals surface area (Å²) in [6, 6.07) is 3.62. The predicted octanol–water partition coefficient (Wildman–Crippen LogP) is 0.719. The molecule has 2 fully saturated rings. The van der Waals surface area contributed by atoms with Gasteiger partial charge in [0.2, 0.25) is 15.9 Å². The van der Waals surface area contributed by atoms with Crippen molar-refractivity contribution in [2.45, 2.75) is 30.7 Å². The molecule has 2 heterocycles. The fourth-order valence-corrected chi connectivity index (χ4v) is 5.16. The first-order valence-corrected chi connectivity index (χ1v) is 9.60. The zero-order valence-electron chi connectivity index (χ0n) is 13.7. The van der Waals surface area contributed by atoms with Crippen LogP contribution in [-0.4, -0.2) is 62.3 Å². The minimum absolute atomic E-state index is 0.0171. The van der Waals surface area contributed by atoms with Crippen LogP contribution in [0.3, 0.4) is 0 Å². The van der Waals surface area contributed by atoms with Crippen LogP contribution in [0.4, 0.5) is 4.39 Å². The number of hydrogen-bond donors (Lipinski definition) is 1. The first kappa shape index (κ1) is 17.3. The molecule has 1 unspecified atom stereocenters. The molecule has 1 N–H and O–H groups in total. The van der Waals surface area contributed by atoms with Gasteiger partial charge in [0.15, 0.2) is 0 Å². The fourth-order valence-electron chi connectivity index (χ4n) is 3.44. The van der Waals surface area contributed by atoms with Gasteiger partial charge in [0.1, 0.15) is 5.82 Å². The van der Waals surface area contributed by atoms with E-state index in [4.69, 9.17) is 0 Å². The standard InChI is InChI=1S/C16H22FN3O3S/c1-12-9-13(17)4-5-15(12)24(22,23)19-7-2-3-14(11-19)20-8-6-18-10-16(20)21/h4-5,9,14,18H,2-3,6-8,10-11H2,1H3. The lowest BCUT2D eigenvalue weighted by Gasteiger charge is -2.40. The molecule has 0 saturated carbocycles. The number of nitrogens with one attached hydrogen (secondary N) is 1. The topological polar surface area (TPSA) is 69.7 Å². The molecule has 1 atom stereocenters. The van der Waals surface area contributed by atoms with Crippen LogP contribution < -0.4 is 5.32 Å². The van der Waals surface area contributed by atoms with E-state index in [2.05, 4.69) is 5.32 Å². The van der Waals surface area contributed by atoms with E-state index < -0.39 is 15.8 Å².